The van der Waals surface area contributed by atoms with Crippen molar-refractivity contribution in [1.82, 2.24) is 15.2 Å². The van der Waals surface area contributed by atoms with Crippen LogP contribution in [0.5, 0.6) is 0 Å². The van der Waals surface area contributed by atoms with Crippen molar-refractivity contribution >= 4 is 52.1 Å². The molecule has 1 aromatic heterocycles. The molecule has 0 aliphatic carbocycles. The van der Waals surface area contributed by atoms with Gasteiger partial charge in [-0.2, -0.15) is 0 Å². The molecule has 0 radical (unpaired) electrons. The Morgan fingerprint density at radius 3 is 2.51 bits per heavy atom. The monoisotopic (exact) mass is 558 g/mol. The minimum Gasteiger partial charge on any atom is -0.388 e. The fourth-order valence-electron chi connectivity index (χ4n) is 5.30. The zero-order valence-corrected chi connectivity index (χ0v) is 23.3. The molecule has 10 heteroatoms. The molecule has 37 heavy (non-hydrogen) atoms. The highest BCUT2D eigenvalue weighted by atomic mass is 35.5. The molecular weight excluding hydrogens is 531 g/mol. The molecule has 5 rings (SSSR count). The average molecular weight is 560 g/mol. The van der Waals surface area contributed by atoms with E-state index in [4.69, 9.17) is 32.9 Å². The lowest BCUT2D eigenvalue weighted by molar-refractivity contribution is -0.158. The molecule has 3 aliphatic heterocycles. The second-order valence-corrected chi connectivity index (χ2v) is 11.9. The maximum atomic E-state index is 13.3. The van der Waals surface area contributed by atoms with E-state index in [1.54, 1.807) is 12.3 Å². The van der Waals surface area contributed by atoms with E-state index in [9.17, 15) is 9.59 Å². The van der Waals surface area contributed by atoms with Gasteiger partial charge in [-0.25, -0.2) is 19.6 Å². The SMILES string of the molecule is CC(C)C1=C(C(=O)OC(=O)[C@H]2NCC[C@H]2C)SC2=N[C@@](C)(c3ccc(Cl)nc3)[C@@H](c3ccc(Cl)cc3)N21. The number of fused-ring (bicyclic) bond motifs is 1. The predicted molar refractivity (Wildman–Crippen MR) is 146 cm³/mol. The Bertz CT molecular complexity index is 1300. The molecule has 1 N–H and O–H groups in total. The molecule has 194 valence electrons. The normalized spacial score (nSPS) is 27.1. The van der Waals surface area contributed by atoms with Crippen LogP contribution in [-0.4, -0.2) is 39.6 Å². The molecule has 7 nitrogen and oxygen atoms in total. The number of amidine groups is 1. The highest BCUT2D eigenvalue weighted by Crippen LogP contribution is 2.56. The Morgan fingerprint density at radius 1 is 1.19 bits per heavy atom. The molecule has 4 heterocycles. The number of carbonyl (C=O) groups is 2. The van der Waals surface area contributed by atoms with Crippen molar-refractivity contribution in [3.8, 4) is 0 Å². The fourth-order valence-corrected chi connectivity index (χ4v) is 6.82. The number of thioether (sulfide) groups is 1. The van der Waals surface area contributed by atoms with Crippen LogP contribution >= 0.6 is 35.0 Å². The van der Waals surface area contributed by atoms with Crippen molar-refractivity contribution < 1.29 is 14.3 Å². The van der Waals surface area contributed by atoms with Crippen molar-refractivity contribution in [3.63, 3.8) is 0 Å². The van der Waals surface area contributed by atoms with E-state index in [0.29, 0.717) is 20.2 Å². The molecule has 0 amide bonds. The number of hydrogen-bond donors (Lipinski definition) is 1. The van der Waals surface area contributed by atoms with E-state index in [2.05, 4.69) is 22.1 Å². The van der Waals surface area contributed by atoms with E-state index < -0.39 is 23.5 Å². The third-order valence-electron chi connectivity index (χ3n) is 7.22. The van der Waals surface area contributed by atoms with Crippen molar-refractivity contribution in [3.05, 3.63) is 74.5 Å². The van der Waals surface area contributed by atoms with Gasteiger partial charge in [0.25, 0.3) is 0 Å². The van der Waals surface area contributed by atoms with Gasteiger partial charge in [-0.3, -0.25) is 0 Å². The van der Waals surface area contributed by atoms with Gasteiger partial charge in [-0.15, -0.1) is 0 Å². The van der Waals surface area contributed by atoms with Crippen LogP contribution in [0.3, 0.4) is 0 Å². The van der Waals surface area contributed by atoms with E-state index in [1.165, 1.54) is 11.8 Å². The lowest BCUT2D eigenvalue weighted by atomic mass is 9.81. The minimum atomic E-state index is -0.720. The highest BCUT2D eigenvalue weighted by Gasteiger charge is 2.53. The molecule has 1 aromatic carbocycles. The number of ether oxygens (including phenoxy) is 1. The van der Waals surface area contributed by atoms with Crippen LogP contribution in [-0.2, 0) is 19.9 Å². The number of rotatable bonds is 5. The topological polar surface area (TPSA) is 83.9 Å². The summed E-state index contributed by atoms with van der Waals surface area (Å²) in [5, 5.41) is 4.84. The average Bonchev–Trinajstić information content (AvgIpc) is 3.52. The smallest absolute Gasteiger partial charge is 0.354 e. The molecule has 1 saturated heterocycles. The van der Waals surface area contributed by atoms with Crippen LogP contribution in [0, 0.1) is 11.8 Å². The second-order valence-electron chi connectivity index (χ2n) is 10.1. The molecular formula is C27H28Cl2N4O3S. The van der Waals surface area contributed by atoms with Crippen LogP contribution in [0.15, 0.2) is 58.2 Å². The third-order valence-corrected chi connectivity index (χ3v) is 8.75. The summed E-state index contributed by atoms with van der Waals surface area (Å²) in [6.45, 7) is 8.80. The Labute approximate surface area is 230 Å². The van der Waals surface area contributed by atoms with Gasteiger partial charge < -0.3 is 15.0 Å². The summed E-state index contributed by atoms with van der Waals surface area (Å²) >= 11 is 13.5. The number of nitrogens with zero attached hydrogens (tertiary/aromatic N) is 3. The van der Waals surface area contributed by atoms with Gasteiger partial charge in [0.15, 0.2) is 5.17 Å². The number of aromatic nitrogens is 1. The Balaban J connectivity index is 1.55. The summed E-state index contributed by atoms with van der Waals surface area (Å²) in [4.78, 5) is 38.0. The molecule has 0 spiro atoms. The van der Waals surface area contributed by atoms with Gasteiger partial charge in [0.2, 0.25) is 0 Å². The van der Waals surface area contributed by atoms with Gasteiger partial charge in [0.1, 0.15) is 21.6 Å². The fraction of sp³-hybridized carbons (Fsp3) is 0.407. The number of halogens is 2. The van der Waals surface area contributed by atoms with E-state index in [-0.39, 0.29) is 17.9 Å². The number of carbonyl (C=O) groups excluding carboxylic acids is 2. The van der Waals surface area contributed by atoms with Gasteiger partial charge in [0.05, 0.1) is 6.04 Å². The van der Waals surface area contributed by atoms with Gasteiger partial charge in [0, 0.05) is 22.5 Å². The number of esters is 2. The standard InChI is InChI=1S/C27H28Cl2N4O3S/c1-14(2)21-22(25(35)36-24(34)20-15(3)11-12-30-20)37-26-32-27(4,17-7-10-19(29)31-13-17)23(33(21)26)16-5-8-18(28)9-6-16/h5-10,13-15,20,23,30H,11-12H2,1-4H3/t15-,20+,23-,27+/m1/s1. The van der Waals surface area contributed by atoms with Crippen LogP contribution in [0.2, 0.25) is 10.2 Å². The van der Waals surface area contributed by atoms with E-state index in [0.717, 1.165) is 29.8 Å². The summed E-state index contributed by atoms with van der Waals surface area (Å²) in [5.74, 6) is -1.10. The lowest BCUT2D eigenvalue weighted by Gasteiger charge is -2.36. The van der Waals surface area contributed by atoms with Gasteiger partial charge in [-0.1, -0.05) is 62.2 Å². The van der Waals surface area contributed by atoms with E-state index >= 15 is 0 Å². The summed E-state index contributed by atoms with van der Waals surface area (Å²) in [6, 6.07) is 10.6. The number of aliphatic imine (C=N–C) groups is 1. The molecule has 0 saturated carbocycles. The zero-order chi connectivity index (χ0) is 26.5. The summed E-state index contributed by atoms with van der Waals surface area (Å²) in [6.07, 6.45) is 2.61. The van der Waals surface area contributed by atoms with Crippen molar-refractivity contribution in [2.75, 3.05) is 6.54 Å². The van der Waals surface area contributed by atoms with Crippen LogP contribution in [0.25, 0.3) is 0 Å². The molecule has 0 unspecified atom stereocenters. The first-order valence-corrected chi connectivity index (χ1v) is 13.9. The minimum absolute atomic E-state index is 0.0399. The summed E-state index contributed by atoms with van der Waals surface area (Å²) in [7, 11) is 0. The van der Waals surface area contributed by atoms with Crippen molar-refractivity contribution in [2.24, 2.45) is 16.8 Å². The third kappa shape index (κ3) is 4.69. The Kier molecular flexibility index (Phi) is 7.13. The molecule has 2 aromatic rings. The van der Waals surface area contributed by atoms with Crippen LogP contribution < -0.4 is 5.32 Å². The quantitative estimate of drug-likeness (QED) is 0.286. The molecule has 0 bridgehead atoms. The first-order chi connectivity index (χ1) is 17.6. The highest BCUT2D eigenvalue weighted by molar-refractivity contribution is 8.18. The maximum Gasteiger partial charge on any atom is 0.354 e. The first kappa shape index (κ1) is 26.2. The number of allylic oxidation sites excluding steroid dienone is 1. The molecule has 1 fully saturated rings. The van der Waals surface area contributed by atoms with Crippen LogP contribution in [0.1, 0.15) is 51.3 Å². The van der Waals surface area contributed by atoms with Crippen molar-refractivity contribution in [2.45, 2.75) is 51.7 Å². The van der Waals surface area contributed by atoms with E-state index in [1.807, 2.05) is 51.1 Å². The predicted octanol–water partition coefficient (Wildman–Crippen LogP) is 5.70. The lowest BCUT2D eigenvalue weighted by Crippen LogP contribution is -2.38. The second kappa shape index (κ2) is 10.1. The summed E-state index contributed by atoms with van der Waals surface area (Å²) < 4.78 is 5.40. The van der Waals surface area contributed by atoms with Crippen LogP contribution in [0.4, 0.5) is 0 Å². The summed E-state index contributed by atoms with van der Waals surface area (Å²) in [5.41, 5.74) is 1.93. The number of pyridine rings is 1. The van der Waals surface area contributed by atoms with Gasteiger partial charge in [-0.05, 0) is 67.2 Å². The Hall–Kier alpha value is -2.39. The van der Waals surface area contributed by atoms with Crippen molar-refractivity contribution in [1.29, 1.82) is 0 Å². The number of benzene rings is 1. The Morgan fingerprint density at radius 2 is 1.92 bits per heavy atom. The molecule has 3 aliphatic rings. The zero-order valence-electron chi connectivity index (χ0n) is 21.0. The number of nitrogens with one attached hydrogen (secondary N) is 1. The number of hydrogen-bond acceptors (Lipinski definition) is 8. The first-order valence-electron chi connectivity index (χ1n) is 12.3. The van der Waals surface area contributed by atoms with Gasteiger partial charge >= 0.3 is 11.9 Å². The molecule has 4 atom stereocenters. The maximum absolute atomic E-state index is 13.3. The largest absolute Gasteiger partial charge is 0.388 e.